The number of amides is 1. The highest BCUT2D eigenvalue weighted by Gasteiger charge is 2.12. The zero-order valence-corrected chi connectivity index (χ0v) is 10.5. The van der Waals surface area contributed by atoms with Crippen LogP contribution in [0.1, 0.15) is 40.5 Å². The summed E-state index contributed by atoms with van der Waals surface area (Å²) in [4.78, 5) is 11.5. The van der Waals surface area contributed by atoms with E-state index in [0.29, 0.717) is 30.7 Å². The van der Waals surface area contributed by atoms with E-state index in [0.717, 1.165) is 13.0 Å². The molecule has 90 valence electrons. The van der Waals surface area contributed by atoms with Gasteiger partial charge in [0.15, 0.2) is 0 Å². The number of carbonyl (C=O) groups is 1. The average Bonchev–Trinajstić information content (AvgIpc) is 2.22. The van der Waals surface area contributed by atoms with E-state index in [4.69, 9.17) is 5.73 Å². The minimum Gasteiger partial charge on any atom is -0.356 e. The van der Waals surface area contributed by atoms with Crippen molar-refractivity contribution in [1.82, 2.24) is 5.32 Å². The highest BCUT2D eigenvalue weighted by atomic mass is 16.1. The van der Waals surface area contributed by atoms with Crippen LogP contribution in [0.25, 0.3) is 0 Å². The Morgan fingerprint density at radius 1 is 1.33 bits per heavy atom. The molecule has 0 rings (SSSR count). The van der Waals surface area contributed by atoms with Gasteiger partial charge >= 0.3 is 0 Å². The van der Waals surface area contributed by atoms with Crippen LogP contribution in [-0.4, -0.2) is 19.0 Å². The molecule has 0 fully saturated rings. The van der Waals surface area contributed by atoms with E-state index in [2.05, 4.69) is 33.0 Å². The maximum Gasteiger partial charge on any atom is 0.220 e. The highest BCUT2D eigenvalue weighted by Crippen LogP contribution is 2.09. The summed E-state index contributed by atoms with van der Waals surface area (Å²) in [7, 11) is 0. The molecule has 0 aromatic rings. The highest BCUT2D eigenvalue weighted by molar-refractivity contribution is 5.76. The van der Waals surface area contributed by atoms with Crippen molar-refractivity contribution in [2.45, 2.75) is 40.5 Å². The van der Waals surface area contributed by atoms with Gasteiger partial charge in [0.2, 0.25) is 5.91 Å². The Morgan fingerprint density at radius 2 is 1.93 bits per heavy atom. The Hall–Kier alpha value is -0.570. The number of rotatable bonds is 7. The van der Waals surface area contributed by atoms with Gasteiger partial charge in [-0.2, -0.15) is 0 Å². The van der Waals surface area contributed by atoms with E-state index in [1.165, 1.54) is 0 Å². The minimum atomic E-state index is 0.139. The van der Waals surface area contributed by atoms with Gasteiger partial charge in [-0.15, -0.1) is 0 Å². The van der Waals surface area contributed by atoms with E-state index in [1.54, 1.807) is 0 Å². The normalized spacial score (nSPS) is 15.1. The molecule has 0 aliphatic rings. The summed E-state index contributed by atoms with van der Waals surface area (Å²) >= 11 is 0. The fourth-order valence-corrected chi connectivity index (χ4v) is 1.24. The number of hydrogen-bond acceptors (Lipinski definition) is 2. The van der Waals surface area contributed by atoms with Gasteiger partial charge in [-0.25, -0.2) is 0 Å². The molecule has 1 amide bonds. The second-order valence-corrected chi connectivity index (χ2v) is 4.74. The molecule has 3 heteroatoms. The van der Waals surface area contributed by atoms with Crippen molar-refractivity contribution < 1.29 is 4.79 Å². The third-order valence-corrected chi connectivity index (χ3v) is 3.14. The third kappa shape index (κ3) is 6.50. The molecular weight excluding hydrogens is 188 g/mol. The standard InChI is InChI=1S/C12H26N2O/c1-5-11(7-13)6-12(15)14-8-10(4)9(2)3/h9-11H,5-8,13H2,1-4H3,(H,14,15). The molecule has 3 nitrogen and oxygen atoms in total. The largest absolute Gasteiger partial charge is 0.356 e. The fourth-order valence-electron chi connectivity index (χ4n) is 1.24. The second-order valence-electron chi connectivity index (χ2n) is 4.74. The Labute approximate surface area is 93.8 Å². The number of nitrogens with two attached hydrogens (primary N) is 1. The summed E-state index contributed by atoms with van der Waals surface area (Å²) in [6.07, 6.45) is 1.54. The quantitative estimate of drug-likeness (QED) is 0.678. The summed E-state index contributed by atoms with van der Waals surface area (Å²) in [6, 6.07) is 0. The molecule has 0 aliphatic carbocycles. The summed E-state index contributed by atoms with van der Waals surface area (Å²) in [5, 5.41) is 2.97. The second kappa shape index (κ2) is 7.69. The van der Waals surface area contributed by atoms with Crippen molar-refractivity contribution in [3.63, 3.8) is 0 Å². The number of carbonyl (C=O) groups excluding carboxylic acids is 1. The molecule has 0 aromatic carbocycles. The molecule has 2 atom stereocenters. The van der Waals surface area contributed by atoms with Gasteiger partial charge in [-0.05, 0) is 24.3 Å². The summed E-state index contributed by atoms with van der Waals surface area (Å²) < 4.78 is 0. The van der Waals surface area contributed by atoms with Crippen LogP contribution in [0, 0.1) is 17.8 Å². The lowest BCUT2D eigenvalue weighted by Gasteiger charge is -2.17. The molecular formula is C12H26N2O. The zero-order valence-electron chi connectivity index (χ0n) is 10.5. The van der Waals surface area contributed by atoms with Gasteiger partial charge in [-0.3, -0.25) is 4.79 Å². The molecule has 3 N–H and O–H groups in total. The van der Waals surface area contributed by atoms with Crippen LogP contribution in [0.2, 0.25) is 0 Å². The monoisotopic (exact) mass is 214 g/mol. The van der Waals surface area contributed by atoms with E-state index < -0.39 is 0 Å². The van der Waals surface area contributed by atoms with Crippen LogP contribution in [0.3, 0.4) is 0 Å². The third-order valence-electron chi connectivity index (χ3n) is 3.14. The first-order chi connectivity index (χ1) is 7.01. The summed E-state index contributed by atoms with van der Waals surface area (Å²) in [5.74, 6) is 1.62. The molecule has 0 heterocycles. The molecule has 0 spiro atoms. The summed E-state index contributed by atoms with van der Waals surface area (Å²) in [5.41, 5.74) is 5.56. The van der Waals surface area contributed by atoms with Gasteiger partial charge in [-0.1, -0.05) is 34.1 Å². The van der Waals surface area contributed by atoms with Gasteiger partial charge < -0.3 is 11.1 Å². The molecule has 0 bridgehead atoms. The first kappa shape index (κ1) is 14.4. The summed E-state index contributed by atoms with van der Waals surface area (Å²) in [6.45, 7) is 9.95. The Kier molecular flexibility index (Phi) is 7.39. The lowest BCUT2D eigenvalue weighted by Crippen LogP contribution is -2.32. The van der Waals surface area contributed by atoms with Crippen LogP contribution in [0.5, 0.6) is 0 Å². The molecule has 0 saturated heterocycles. The lowest BCUT2D eigenvalue weighted by atomic mass is 9.97. The predicted octanol–water partition coefficient (Wildman–Crippen LogP) is 1.77. The first-order valence-corrected chi connectivity index (χ1v) is 5.97. The van der Waals surface area contributed by atoms with Gasteiger partial charge in [0.1, 0.15) is 0 Å². The molecule has 2 unspecified atom stereocenters. The molecule has 0 aliphatic heterocycles. The maximum atomic E-state index is 11.5. The fraction of sp³-hybridized carbons (Fsp3) is 0.917. The lowest BCUT2D eigenvalue weighted by molar-refractivity contribution is -0.122. The molecule has 15 heavy (non-hydrogen) atoms. The van der Waals surface area contributed by atoms with Gasteiger partial charge in [0.05, 0.1) is 0 Å². The maximum absolute atomic E-state index is 11.5. The Balaban J connectivity index is 3.74. The number of hydrogen-bond donors (Lipinski definition) is 2. The predicted molar refractivity (Wildman–Crippen MR) is 64.5 cm³/mol. The van der Waals surface area contributed by atoms with E-state index in [9.17, 15) is 4.79 Å². The van der Waals surface area contributed by atoms with Gasteiger partial charge in [0.25, 0.3) is 0 Å². The van der Waals surface area contributed by atoms with Crippen LogP contribution in [0.15, 0.2) is 0 Å². The van der Waals surface area contributed by atoms with Crippen LogP contribution in [-0.2, 0) is 4.79 Å². The Bertz CT molecular complexity index is 176. The molecule has 0 aromatic heterocycles. The van der Waals surface area contributed by atoms with Crippen molar-refractivity contribution in [2.24, 2.45) is 23.5 Å². The van der Waals surface area contributed by atoms with E-state index in [-0.39, 0.29) is 5.91 Å². The van der Waals surface area contributed by atoms with Crippen LogP contribution >= 0.6 is 0 Å². The molecule has 0 radical (unpaired) electrons. The average molecular weight is 214 g/mol. The van der Waals surface area contributed by atoms with Crippen molar-refractivity contribution in [3.05, 3.63) is 0 Å². The number of nitrogens with one attached hydrogen (secondary N) is 1. The Morgan fingerprint density at radius 3 is 2.33 bits per heavy atom. The molecule has 0 saturated carbocycles. The topological polar surface area (TPSA) is 55.1 Å². The minimum absolute atomic E-state index is 0.139. The van der Waals surface area contributed by atoms with Gasteiger partial charge in [0, 0.05) is 13.0 Å². The van der Waals surface area contributed by atoms with Crippen molar-refractivity contribution in [3.8, 4) is 0 Å². The van der Waals surface area contributed by atoms with Crippen molar-refractivity contribution in [1.29, 1.82) is 0 Å². The van der Waals surface area contributed by atoms with Crippen molar-refractivity contribution in [2.75, 3.05) is 13.1 Å². The SMILES string of the molecule is CCC(CN)CC(=O)NCC(C)C(C)C. The smallest absolute Gasteiger partial charge is 0.220 e. The van der Waals surface area contributed by atoms with E-state index >= 15 is 0 Å². The van der Waals surface area contributed by atoms with Crippen molar-refractivity contribution >= 4 is 5.91 Å². The zero-order chi connectivity index (χ0) is 11.8. The van der Waals surface area contributed by atoms with Crippen LogP contribution < -0.4 is 11.1 Å². The first-order valence-electron chi connectivity index (χ1n) is 5.97. The van der Waals surface area contributed by atoms with E-state index in [1.807, 2.05) is 0 Å². The van der Waals surface area contributed by atoms with Crippen LogP contribution in [0.4, 0.5) is 0 Å².